The minimum Gasteiger partial charge on any atom is -0.431 e. The summed E-state index contributed by atoms with van der Waals surface area (Å²) in [6.07, 6.45) is 0. The second-order valence-corrected chi connectivity index (χ2v) is 7.37. The van der Waals surface area contributed by atoms with Gasteiger partial charge in [-0.3, -0.25) is 4.79 Å². The van der Waals surface area contributed by atoms with E-state index in [1.54, 1.807) is 0 Å². The Balaban J connectivity index is 1.56. The molecule has 136 valence electrons. The molecule has 5 nitrogen and oxygen atoms in total. The zero-order valence-corrected chi connectivity index (χ0v) is 16.2. The third kappa shape index (κ3) is 4.58. The first-order valence-electron chi connectivity index (χ1n) is 8.20. The number of rotatable bonds is 7. The SMILES string of the molecule is CN(C)C(CNC(=O)CSc1nc2ccccc2o1)c1ccccc1Cl. The maximum atomic E-state index is 12.2. The van der Waals surface area contributed by atoms with Gasteiger partial charge in [-0.05, 0) is 37.9 Å². The fraction of sp³-hybridized carbons (Fsp3) is 0.263. The first-order chi connectivity index (χ1) is 12.5. The van der Waals surface area contributed by atoms with Crippen molar-refractivity contribution in [3.05, 3.63) is 59.1 Å². The van der Waals surface area contributed by atoms with Crippen LogP contribution in [0, 0.1) is 0 Å². The number of fused-ring (bicyclic) bond motifs is 1. The van der Waals surface area contributed by atoms with Crippen LogP contribution < -0.4 is 5.32 Å². The Labute approximate surface area is 161 Å². The molecule has 3 rings (SSSR count). The number of thioether (sulfide) groups is 1. The van der Waals surface area contributed by atoms with Gasteiger partial charge in [0.2, 0.25) is 5.91 Å². The van der Waals surface area contributed by atoms with Crippen LogP contribution in [0.5, 0.6) is 0 Å². The van der Waals surface area contributed by atoms with E-state index >= 15 is 0 Å². The minimum atomic E-state index is -0.0730. The van der Waals surface area contributed by atoms with E-state index in [1.807, 2.05) is 67.5 Å². The number of likely N-dealkylation sites (N-methyl/N-ethyl adjacent to an activating group) is 1. The number of benzene rings is 2. The molecule has 0 aliphatic rings. The average Bonchev–Trinajstić information content (AvgIpc) is 3.04. The van der Waals surface area contributed by atoms with E-state index in [1.165, 1.54) is 11.8 Å². The number of halogens is 1. The minimum absolute atomic E-state index is 0.00183. The summed E-state index contributed by atoms with van der Waals surface area (Å²) in [5.74, 6) is 0.173. The summed E-state index contributed by atoms with van der Waals surface area (Å²) < 4.78 is 5.61. The van der Waals surface area contributed by atoms with Gasteiger partial charge in [0.1, 0.15) is 5.52 Å². The van der Waals surface area contributed by atoms with Crippen LogP contribution in [0.2, 0.25) is 5.02 Å². The number of nitrogens with zero attached hydrogens (tertiary/aromatic N) is 2. The van der Waals surface area contributed by atoms with Crippen molar-refractivity contribution in [3.63, 3.8) is 0 Å². The number of para-hydroxylation sites is 2. The Bertz CT molecular complexity index is 864. The molecule has 3 aromatic rings. The lowest BCUT2D eigenvalue weighted by Gasteiger charge is -2.25. The first-order valence-corrected chi connectivity index (χ1v) is 9.57. The number of nitrogens with one attached hydrogen (secondary N) is 1. The summed E-state index contributed by atoms with van der Waals surface area (Å²) in [5.41, 5.74) is 2.51. The van der Waals surface area contributed by atoms with Crippen LogP contribution in [0.25, 0.3) is 11.1 Å². The zero-order chi connectivity index (χ0) is 18.5. The van der Waals surface area contributed by atoms with Gasteiger partial charge in [-0.25, -0.2) is 4.98 Å². The van der Waals surface area contributed by atoms with E-state index in [9.17, 15) is 4.79 Å². The monoisotopic (exact) mass is 389 g/mol. The lowest BCUT2D eigenvalue weighted by atomic mass is 10.1. The van der Waals surface area contributed by atoms with Crippen LogP contribution in [-0.2, 0) is 4.79 Å². The van der Waals surface area contributed by atoms with Crippen LogP contribution in [0.1, 0.15) is 11.6 Å². The van der Waals surface area contributed by atoms with E-state index in [0.717, 1.165) is 16.7 Å². The summed E-state index contributed by atoms with van der Waals surface area (Å²) in [6, 6.07) is 15.2. The number of hydrogen-bond donors (Lipinski definition) is 1. The van der Waals surface area contributed by atoms with Crippen LogP contribution in [-0.4, -0.2) is 42.2 Å². The molecular formula is C19H20ClN3O2S. The lowest BCUT2D eigenvalue weighted by molar-refractivity contribution is -0.118. The molecule has 1 unspecified atom stereocenters. The van der Waals surface area contributed by atoms with Gasteiger partial charge in [0, 0.05) is 11.6 Å². The van der Waals surface area contributed by atoms with Crippen molar-refractivity contribution in [1.29, 1.82) is 0 Å². The van der Waals surface area contributed by atoms with E-state index in [4.69, 9.17) is 16.0 Å². The molecule has 2 aromatic carbocycles. The summed E-state index contributed by atoms with van der Waals surface area (Å²) in [5, 5.41) is 4.16. The van der Waals surface area contributed by atoms with Gasteiger partial charge < -0.3 is 14.6 Å². The summed E-state index contributed by atoms with van der Waals surface area (Å²) in [6.45, 7) is 0.476. The molecule has 0 saturated carbocycles. The van der Waals surface area contributed by atoms with E-state index in [-0.39, 0.29) is 17.7 Å². The third-order valence-corrected chi connectivity index (χ3v) is 5.15. The Morgan fingerprint density at radius 1 is 1.23 bits per heavy atom. The quantitative estimate of drug-likeness (QED) is 0.619. The molecule has 1 aromatic heterocycles. The molecule has 0 spiro atoms. The molecular weight excluding hydrogens is 370 g/mol. The molecule has 0 saturated heterocycles. The maximum absolute atomic E-state index is 12.2. The molecule has 0 aliphatic carbocycles. The highest BCUT2D eigenvalue weighted by Crippen LogP contribution is 2.26. The second-order valence-electron chi connectivity index (χ2n) is 6.04. The maximum Gasteiger partial charge on any atom is 0.257 e. The number of oxazole rings is 1. The van der Waals surface area contributed by atoms with Crippen LogP contribution in [0.3, 0.4) is 0 Å². The third-order valence-electron chi connectivity index (χ3n) is 3.98. The van der Waals surface area contributed by atoms with Crippen molar-refractivity contribution in [3.8, 4) is 0 Å². The van der Waals surface area contributed by atoms with Crippen molar-refractivity contribution in [2.45, 2.75) is 11.3 Å². The molecule has 0 bridgehead atoms. The highest BCUT2D eigenvalue weighted by Gasteiger charge is 2.18. The van der Waals surface area contributed by atoms with Crippen molar-refractivity contribution in [2.24, 2.45) is 0 Å². The molecule has 0 radical (unpaired) electrons. The molecule has 26 heavy (non-hydrogen) atoms. The Morgan fingerprint density at radius 2 is 1.96 bits per heavy atom. The Morgan fingerprint density at radius 3 is 2.69 bits per heavy atom. The summed E-state index contributed by atoms with van der Waals surface area (Å²) >= 11 is 7.58. The standard InChI is InChI=1S/C19H20ClN3O2S/c1-23(2)16(13-7-3-4-8-14(13)20)11-21-18(24)12-26-19-22-15-9-5-6-10-17(15)25-19/h3-10,16H,11-12H2,1-2H3,(H,21,24). The van der Waals surface area contributed by atoms with Crippen molar-refractivity contribution < 1.29 is 9.21 Å². The van der Waals surface area contributed by atoms with Gasteiger partial charge in [0.05, 0.1) is 11.8 Å². The zero-order valence-electron chi connectivity index (χ0n) is 14.6. The van der Waals surface area contributed by atoms with Gasteiger partial charge in [-0.15, -0.1) is 0 Å². The molecule has 1 N–H and O–H groups in total. The fourth-order valence-electron chi connectivity index (χ4n) is 2.62. The van der Waals surface area contributed by atoms with Crippen LogP contribution in [0.4, 0.5) is 0 Å². The van der Waals surface area contributed by atoms with Crippen LogP contribution in [0.15, 0.2) is 58.2 Å². The van der Waals surface area contributed by atoms with Gasteiger partial charge in [-0.2, -0.15) is 0 Å². The topological polar surface area (TPSA) is 58.4 Å². The van der Waals surface area contributed by atoms with Gasteiger partial charge >= 0.3 is 0 Å². The lowest BCUT2D eigenvalue weighted by Crippen LogP contribution is -2.35. The average molecular weight is 390 g/mol. The molecule has 1 heterocycles. The largest absolute Gasteiger partial charge is 0.431 e. The van der Waals surface area contributed by atoms with Crippen LogP contribution >= 0.6 is 23.4 Å². The Kier molecular flexibility index (Phi) is 6.19. The number of amides is 1. The van der Waals surface area contributed by atoms with E-state index < -0.39 is 0 Å². The Hall–Kier alpha value is -2.02. The van der Waals surface area contributed by atoms with Gasteiger partial charge in [-0.1, -0.05) is 53.7 Å². The van der Waals surface area contributed by atoms with Crippen molar-refractivity contribution in [2.75, 3.05) is 26.4 Å². The number of aromatic nitrogens is 1. The van der Waals surface area contributed by atoms with Gasteiger partial charge in [0.25, 0.3) is 5.22 Å². The second kappa shape index (κ2) is 8.58. The van der Waals surface area contributed by atoms with E-state index in [2.05, 4.69) is 10.3 Å². The molecule has 0 fully saturated rings. The predicted molar refractivity (Wildman–Crippen MR) is 106 cm³/mol. The molecule has 7 heteroatoms. The predicted octanol–water partition coefficient (Wildman–Crippen LogP) is 3.99. The molecule has 1 atom stereocenters. The highest BCUT2D eigenvalue weighted by molar-refractivity contribution is 7.99. The number of carbonyl (C=O) groups excluding carboxylic acids is 1. The molecule has 0 aliphatic heterocycles. The number of carbonyl (C=O) groups is 1. The highest BCUT2D eigenvalue weighted by atomic mass is 35.5. The summed E-state index contributed by atoms with van der Waals surface area (Å²) in [4.78, 5) is 18.6. The first kappa shape index (κ1) is 18.8. The van der Waals surface area contributed by atoms with Gasteiger partial charge in [0.15, 0.2) is 5.58 Å². The van der Waals surface area contributed by atoms with Crippen molar-refractivity contribution >= 4 is 40.4 Å². The smallest absolute Gasteiger partial charge is 0.257 e. The molecule has 1 amide bonds. The fourth-order valence-corrected chi connectivity index (χ4v) is 3.55. The summed E-state index contributed by atoms with van der Waals surface area (Å²) in [7, 11) is 3.93. The number of hydrogen-bond acceptors (Lipinski definition) is 5. The normalized spacial score (nSPS) is 12.5. The van der Waals surface area contributed by atoms with E-state index in [0.29, 0.717) is 16.8 Å². The van der Waals surface area contributed by atoms with Crippen molar-refractivity contribution in [1.82, 2.24) is 15.2 Å².